The van der Waals surface area contributed by atoms with E-state index in [2.05, 4.69) is 0 Å². The summed E-state index contributed by atoms with van der Waals surface area (Å²) >= 11 is 0. The van der Waals surface area contributed by atoms with Crippen molar-refractivity contribution < 1.29 is 28.5 Å². The molecule has 0 N–H and O–H groups in total. The van der Waals surface area contributed by atoms with E-state index in [1.54, 1.807) is 49.6 Å². The molecule has 28 heavy (non-hydrogen) atoms. The van der Waals surface area contributed by atoms with Crippen LogP contribution in [-0.2, 0) is 9.53 Å². The van der Waals surface area contributed by atoms with Crippen LogP contribution in [0.3, 0.4) is 0 Å². The van der Waals surface area contributed by atoms with Crippen LogP contribution < -0.4 is 14.2 Å². The van der Waals surface area contributed by atoms with Crippen LogP contribution in [0.2, 0.25) is 0 Å². The van der Waals surface area contributed by atoms with Crippen LogP contribution in [0.25, 0.3) is 6.08 Å². The maximum atomic E-state index is 12.2. The van der Waals surface area contributed by atoms with Crippen LogP contribution in [0.4, 0.5) is 0 Å². The summed E-state index contributed by atoms with van der Waals surface area (Å²) in [5.41, 5.74) is 0.979. The summed E-state index contributed by atoms with van der Waals surface area (Å²) in [7, 11) is 3.01. The Labute approximate surface area is 162 Å². The molecule has 0 aliphatic heterocycles. The third-order valence-electron chi connectivity index (χ3n) is 3.60. The monoisotopic (exact) mass is 381 g/mol. The smallest absolute Gasteiger partial charge is 0.343 e. The normalized spacial score (nSPS) is 10.2. The molecule has 0 unspecified atom stereocenters. The number of rotatable bonds is 8. The van der Waals surface area contributed by atoms with Gasteiger partial charge in [-0.1, -0.05) is 0 Å². The molecule has 2 rings (SSSR count). The van der Waals surface area contributed by atoms with E-state index in [1.165, 1.54) is 19.3 Å². The van der Waals surface area contributed by atoms with Gasteiger partial charge in [-0.2, -0.15) is 5.26 Å². The molecule has 0 aromatic heterocycles. The number of methoxy groups -OCH3 is 2. The van der Waals surface area contributed by atoms with Crippen LogP contribution in [0, 0.1) is 11.3 Å². The standard InChI is InChI=1S/C21H19NO6/c1-25-17-8-5-16(6-9-17)21(24)28-18-10-4-15(19(14-18)26-2)7-11-20(23)27-13-3-12-22/h4-11,14H,3,13H2,1-2H3/b11-7+. The highest BCUT2D eigenvalue weighted by Crippen LogP contribution is 2.26. The fourth-order valence-electron chi connectivity index (χ4n) is 2.19. The third kappa shape index (κ3) is 5.88. The van der Waals surface area contributed by atoms with Crippen LogP contribution in [-0.4, -0.2) is 32.8 Å². The van der Waals surface area contributed by atoms with E-state index in [-0.39, 0.29) is 13.0 Å². The molecule has 7 nitrogen and oxygen atoms in total. The molecule has 0 atom stereocenters. The summed E-state index contributed by atoms with van der Waals surface area (Å²) in [6.45, 7) is 0.0387. The number of hydrogen-bond donors (Lipinski definition) is 0. The van der Waals surface area contributed by atoms with E-state index < -0.39 is 11.9 Å². The molecule has 0 amide bonds. The van der Waals surface area contributed by atoms with E-state index in [1.807, 2.05) is 6.07 Å². The molecule has 0 spiro atoms. The average Bonchev–Trinajstić information content (AvgIpc) is 2.72. The lowest BCUT2D eigenvalue weighted by atomic mass is 10.1. The predicted octanol–water partition coefficient (Wildman–Crippen LogP) is 3.39. The summed E-state index contributed by atoms with van der Waals surface area (Å²) in [5, 5.41) is 8.42. The van der Waals surface area contributed by atoms with Crippen molar-refractivity contribution in [3.63, 3.8) is 0 Å². The van der Waals surface area contributed by atoms with Gasteiger partial charge in [-0.05, 0) is 42.5 Å². The molecule has 0 aliphatic rings. The highest BCUT2D eigenvalue weighted by atomic mass is 16.5. The minimum absolute atomic E-state index is 0.0387. The molecule has 0 radical (unpaired) electrons. The Hall–Kier alpha value is -3.79. The fourth-order valence-corrected chi connectivity index (χ4v) is 2.19. The Kier molecular flexibility index (Phi) is 7.61. The van der Waals surface area contributed by atoms with Gasteiger partial charge in [-0.3, -0.25) is 0 Å². The number of carbonyl (C=O) groups excluding carboxylic acids is 2. The maximum Gasteiger partial charge on any atom is 0.343 e. The van der Waals surface area contributed by atoms with E-state index in [4.69, 9.17) is 24.2 Å². The van der Waals surface area contributed by atoms with Gasteiger partial charge in [0.15, 0.2) is 0 Å². The Morgan fingerprint density at radius 1 is 1.04 bits per heavy atom. The third-order valence-corrected chi connectivity index (χ3v) is 3.60. The lowest BCUT2D eigenvalue weighted by Gasteiger charge is -2.09. The number of hydrogen-bond acceptors (Lipinski definition) is 7. The van der Waals surface area contributed by atoms with Crippen LogP contribution >= 0.6 is 0 Å². The van der Waals surface area contributed by atoms with Gasteiger partial charge in [0, 0.05) is 17.7 Å². The Bertz CT molecular complexity index is 896. The van der Waals surface area contributed by atoms with Gasteiger partial charge < -0.3 is 18.9 Å². The largest absolute Gasteiger partial charge is 0.497 e. The van der Waals surface area contributed by atoms with Crippen molar-refractivity contribution in [2.75, 3.05) is 20.8 Å². The van der Waals surface area contributed by atoms with Crippen molar-refractivity contribution >= 4 is 18.0 Å². The van der Waals surface area contributed by atoms with Crippen LogP contribution in [0.1, 0.15) is 22.3 Å². The number of esters is 2. The van der Waals surface area contributed by atoms with E-state index >= 15 is 0 Å². The molecule has 2 aromatic carbocycles. The lowest BCUT2D eigenvalue weighted by Crippen LogP contribution is -2.08. The first-order valence-corrected chi connectivity index (χ1v) is 8.33. The number of nitriles is 1. The second kappa shape index (κ2) is 10.4. The van der Waals surface area contributed by atoms with Crippen molar-refractivity contribution in [3.05, 3.63) is 59.7 Å². The summed E-state index contributed by atoms with van der Waals surface area (Å²) in [4.78, 5) is 23.8. The Morgan fingerprint density at radius 2 is 1.75 bits per heavy atom. The molecule has 7 heteroatoms. The maximum absolute atomic E-state index is 12.2. The van der Waals surface area contributed by atoms with Gasteiger partial charge in [-0.15, -0.1) is 0 Å². The number of nitrogens with zero attached hydrogens (tertiary/aromatic N) is 1. The van der Waals surface area contributed by atoms with Gasteiger partial charge in [0.1, 0.15) is 23.9 Å². The number of ether oxygens (including phenoxy) is 4. The molecule has 0 saturated carbocycles. The second-order valence-corrected chi connectivity index (χ2v) is 5.43. The van der Waals surface area contributed by atoms with E-state index in [0.29, 0.717) is 28.4 Å². The van der Waals surface area contributed by atoms with Crippen LogP contribution in [0.15, 0.2) is 48.5 Å². The van der Waals surface area contributed by atoms with Crippen molar-refractivity contribution in [1.29, 1.82) is 5.26 Å². The first-order valence-electron chi connectivity index (χ1n) is 8.33. The van der Waals surface area contributed by atoms with Gasteiger partial charge in [-0.25, -0.2) is 9.59 Å². The van der Waals surface area contributed by atoms with Crippen molar-refractivity contribution in [2.45, 2.75) is 6.42 Å². The molecule has 2 aromatic rings. The van der Waals surface area contributed by atoms with Crippen molar-refractivity contribution in [1.82, 2.24) is 0 Å². The summed E-state index contributed by atoms with van der Waals surface area (Å²) < 4.78 is 20.5. The number of carbonyl (C=O) groups is 2. The SMILES string of the molecule is COc1ccc(C(=O)Oc2ccc(/C=C/C(=O)OCCC#N)c(OC)c2)cc1. The van der Waals surface area contributed by atoms with Crippen LogP contribution in [0.5, 0.6) is 17.2 Å². The lowest BCUT2D eigenvalue weighted by molar-refractivity contribution is -0.137. The van der Waals surface area contributed by atoms with Gasteiger partial charge in [0.25, 0.3) is 0 Å². The minimum Gasteiger partial charge on any atom is -0.497 e. The molecule has 0 saturated heterocycles. The van der Waals surface area contributed by atoms with E-state index in [0.717, 1.165) is 0 Å². The zero-order chi connectivity index (χ0) is 20.4. The van der Waals surface area contributed by atoms with E-state index in [9.17, 15) is 9.59 Å². The van der Waals surface area contributed by atoms with Gasteiger partial charge >= 0.3 is 11.9 Å². The quantitative estimate of drug-likeness (QED) is 0.299. The molecule has 0 aliphatic carbocycles. The number of benzene rings is 2. The summed E-state index contributed by atoms with van der Waals surface area (Å²) in [5.74, 6) is 0.273. The average molecular weight is 381 g/mol. The zero-order valence-electron chi connectivity index (χ0n) is 15.5. The molecular weight excluding hydrogens is 362 g/mol. The first kappa shape index (κ1) is 20.5. The zero-order valence-corrected chi connectivity index (χ0v) is 15.5. The highest BCUT2D eigenvalue weighted by molar-refractivity contribution is 5.91. The van der Waals surface area contributed by atoms with Gasteiger partial charge in [0.2, 0.25) is 0 Å². The van der Waals surface area contributed by atoms with Gasteiger partial charge in [0.05, 0.1) is 32.3 Å². The summed E-state index contributed by atoms with van der Waals surface area (Å²) in [6, 6.07) is 13.2. The predicted molar refractivity (Wildman–Crippen MR) is 101 cm³/mol. The summed E-state index contributed by atoms with van der Waals surface area (Å²) in [6.07, 6.45) is 2.89. The molecule has 144 valence electrons. The fraction of sp³-hybridized carbons (Fsp3) is 0.190. The minimum atomic E-state index is -0.563. The Balaban J connectivity index is 2.06. The topological polar surface area (TPSA) is 94.9 Å². The molecule has 0 fully saturated rings. The first-order chi connectivity index (χ1) is 13.6. The Morgan fingerprint density at radius 3 is 2.39 bits per heavy atom. The molecule has 0 bridgehead atoms. The molecular formula is C21H19NO6. The van der Waals surface area contributed by atoms with Crippen molar-refractivity contribution in [2.24, 2.45) is 0 Å². The highest BCUT2D eigenvalue weighted by Gasteiger charge is 2.11. The van der Waals surface area contributed by atoms with Crippen molar-refractivity contribution in [3.8, 4) is 23.3 Å². The second-order valence-electron chi connectivity index (χ2n) is 5.43. The molecule has 0 heterocycles.